The number of amides is 1. The lowest BCUT2D eigenvalue weighted by Crippen LogP contribution is -2.33. The van der Waals surface area contributed by atoms with Gasteiger partial charge in [-0.1, -0.05) is 30.3 Å². The molecule has 2 N–H and O–H groups in total. The first-order valence-corrected chi connectivity index (χ1v) is 6.72. The van der Waals surface area contributed by atoms with Crippen molar-refractivity contribution in [1.29, 1.82) is 0 Å². The molecule has 0 atom stereocenters. The molecular weight excluding hydrogens is 252 g/mol. The average Bonchev–Trinajstić information content (AvgIpc) is 2.47. The number of carbonyl (C=O) groups excluding carboxylic acids is 1. The zero-order valence-corrected chi connectivity index (χ0v) is 11.9. The molecule has 0 aromatic heterocycles. The van der Waals surface area contributed by atoms with Gasteiger partial charge < -0.3 is 15.4 Å². The van der Waals surface area contributed by atoms with E-state index >= 15 is 0 Å². The van der Waals surface area contributed by atoms with E-state index in [1.54, 1.807) is 14.2 Å². The maximum absolute atomic E-state index is 11.4. The van der Waals surface area contributed by atoms with Crippen molar-refractivity contribution in [2.45, 2.75) is 6.42 Å². The molecule has 0 unspecified atom stereocenters. The Morgan fingerprint density at radius 2 is 2.00 bits per heavy atom. The van der Waals surface area contributed by atoms with Crippen molar-refractivity contribution in [1.82, 2.24) is 10.6 Å². The maximum atomic E-state index is 11.4. The molecule has 4 heteroatoms. The Hall–Kier alpha value is -2.07. The Morgan fingerprint density at radius 3 is 2.75 bits per heavy atom. The normalized spacial score (nSPS) is 10.5. The third-order valence-corrected chi connectivity index (χ3v) is 3.25. The van der Waals surface area contributed by atoms with Crippen LogP contribution in [0.4, 0.5) is 0 Å². The third-order valence-electron chi connectivity index (χ3n) is 3.25. The van der Waals surface area contributed by atoms with Crippen LogP contribution in [0.3, 0.4) is 0 Å². The van der Waals surface area contributed by atoms with Crippen LogP contribution in [0.15, 0.2) is 36.4 Å². The molecule has 2 aromatic rings. The molecule has 2 rings (SSSR count). The number of methoxy groups -OCH3 is 1. The molecule has 106 valence electrons. The van der Waals surface area contributed by atoms with Gasteiger partial charge in [0.05, 0.1) is 13.7 Å². The second kappa shape index (κ2) is 6.91. The summed E-state index contributed by atoms with van der Waals surface area (Å²) in [4.78, 5) is 11.4. The number of benzene rings is 2. The van der Waals surface area contributed by atoms with E-state index in [4.69, 9.17) is 4.74 Å². The van der Waals surface area contributed by atoms with Crippen LogP contribution in [-0.4, -0.2) is 33.2 Å². The summed E-state index contributed by atoms with van der Waals surface area (Å²) < 4.78 is 5.43. The number of hydrogen-bond donors (Lipinski definition) is 2. The average molecular weight is 272 g/mol. The van der Waals surface area contributed by atoms with Crippen LogP contribution in [0, 0.1) is 0 Å². The first-order chi connectivity index (χ1) is 9.76. The Kier molecular flexibility index (Phi) is 4.96. The molecule has 0 radical (unpaired) electrons. The zero-order chi connectivity index (χ0) is 14.4. The van der Waals surface area contributed by atoms with Gasteiger partial charge in [-0.3, -0.25) is 4.79 Å². The Bertz CT molecular complexity index is 596. The van der Waals surface area contributed by atoms with Crippen LogP contribution in [-0.2, 0) is 11.2 Å². The molecule has 0 spiro atoms. The van der Waals surface area contributed by atoms with E-state index in [-0.39, 0.29) is 5.91 Å². The number of nitrogens with one attached hydrogen (secondary N) is 2. The van der Waals surface area contributed by atoms with Crippen molar-refractivity contribution in [2.75, 3.05) is 27.2 Å². The minimum atomic E-state index is 0.00621. The minimum absolute atomic E-state index is 0.00621. The van der Waals surface area contributed by atoms with E-state index in [1.165, 1.54) is 10.8 Å². The van der Waals surface area contributed by atoms with Gasteiger partial charge >= 0.3 is 0 Å². The van der Waals surface area contributed by atoms with E-state index in [1.807, 2.05) is 18.2 Å². The fourth-order valence-corrected chi connectivity index (χ4v) is 2.32. The number of likely N-dealkylation sites (N-methyl/N-ethyl adjacent to an activating group) is 1. The molecule has 20 heavy (non-hydrogen) atoms. The molecule has 0 saturated carbocycles. The lowest BCUT2D eigenvalue weighted by atomic mass is 10.0. The van der Waals surface area contributed by atoms with Crippen LogP contribution < -0.4 is 15.4 Å². The van der Waals surface area contributed by atoms with E-state index in [0.29, 0.717) is 13.1 Å². The molecule has 0 bridgehead atoms. The molecule has 0 aliphatic carbocycles. The molecule has 0 aliphatic heterocycles. The maximum Gasteiger partial charge on any atom is 0.233 e. The van der Waals surface area contributed by atoms with Gasteiger partial charge in [0.2, 0.25) is 5.91 Å². The first-order valence-electron chi connectivity index (χ1n) is 6.72. The van der Waals surface area contributed by atoms with Crippen LogP contribution in [0.2, 0.25) is 0 Å². The van der Waals surface area contributed by atoms with Gasteiger partial charge in [0, 0.05) is 12.1 Å². The van der Waals surface area contributed by atoms with E-state index < -0.39 is 0 Å². The van der Waals surface area contributed by atoms with Gasteiger partial charge in [-0.15, -0.1) is 0 Å². The molecule has 0 fully saturated rings. The smallest absolute Gasteiger partial charge is 0.233 e. The lowest BCUT2D eigenvalue weighted by Gasteiger charge is -2.12. The highest BCUT2D eigenvalue weighted by Gasteiger charge is 2.08. The van der Waals surface area contributed by atoms with Crippen molar-refractivity contribution in [3.8, 4) is 5.75 Å². The van der Waals surface area contributed by atoms with Crippen LogP contribution in [0.5, 0.6) is 5.75 Å². The molecular formula is C16H20N2O2. The van der Waals surface area contributed by atoms with Gasteiger partial charge in [-0.25, -0.2) is 0 Å². The highest BCUT2D eigenvalue weighted by Crippen LogP contribution is 2.28. The Balaban J connectivity index is 2.17. The van der Waals surface area contributed by atoms with Gasteiger partial charge in [-0.05, 0) is 30.3 Å². The largest absolute Gasteiger partial charge is 0.496 e. The van der Waals surface area contributed by atoms with Gasteiger partial charge in [0.15, 0.2) is 0 Å². The second-order valence-electron chi connectivity index (χ2n) is 4.60. The van der Waals surface area contributed by atoms with Crippen molar-refractivity contribution in [3.05, 3.63) is 42.0 Å². The first kappa shape index (κ1) is 14.3. The highest BCUT2D eigenvalue weighted by molar-refractivity contribution is 5.88. The number of rotatable bonds is 6. The number of fused-ring (bicyclic) bond motifs is 1. The molecule has 2 aromatic carbocycles. The van der Waals surface area contributed by atoms with Crippen molar-refractivity contribution in [2.24, 2.45) is 0 Å². The predicted octanol–water partition coefficient (Wildman–Crippen LogP) is 1.73. The number of ether oxygens (including phenoxy) is 1. The highest BCUT2D eigenvalue weighted by atomic mass is 16.5. The van der Waals surface area contributed by atoms with Gasteiger partial charge in [0.1, 0.15) is 5.75 Å². The van der Waals surface area contributed by atoms with E-state index in [9.17, 15) is 4.79 Å². The molecule has 0 saturated heterocycles. The summed E-state index contributed by atoms with van der Waals surface area (Å²) in [5, 5.41) is 8.08. The summed E-state index contributed by atoms with van der Waals surface area (Å²) in [5.41, 5.74) is 1.13. The number of hydrogen-bond acceptors (Lipinski definition) is 3. The monoisotopic (exact) mass is 272 g/mol. The third kappa shape index (κ3) is 3.27. The van der Waals surface area contributed by atoms with Crippen molar-refractivity contribution >= 4 is 16.7 Å². The zero-order valence-electron chi connectivity index (χ0n) is 11.9. The Morgan fingerprint density at radius 1 is 1.20 bits per heavy atom. The fraction of sp³-hybridized carbons (Fsp3) is 0.312. The van der Waals surface area contributed by atoms with Crippen LogP contribution >= 0.6 is 0 Å². The topological polar surface area (TPSA) is 50.4 Å². The van der Waals surface area contributed by atoms with Gasteiger partial charge in [0.25, 0.3) is 0 Å². The molecule has 0 aliphatic rings. The minimum Gasteiger partial charge on any atom is -0.496 e. The summed E-state index contributed by atoms with van der Waals surface area (Å²) in [7, 11) is 3.43. The van der Waals surface area contributed by atoms with E-state index in [2.05, 4.69) is 28.8 Å². The molecule has 0 heterocycles. The summed E-state index contributed by atoms with van der Waals surface area (Å²) in [5.74, 6) is 0.873. The fourth-order valence-electron chi connectivity index (χ4n) is 2.32. The van der Waals surface area contributed by atoms with Crippen LogP contribution in [0.1, 0.15) is 5.56 Å². The summed E-state index contributed by atoms with van der Waals surface area (Å²) in [6.45, 7) is 0.942. The molecule has 4 nitrogen and oxygen atoms in total. The number of carbonyl (C=O) groups is 1. The SMILES string of the molecule is CNCC(=O)NCCc1c(OC)ccc2ccccc12. The standard InChI is InChI=1S/C16H20N2O2/c1-17-11-16(19)18-10-9-14-13-6-4-3-5-12(13)7-8-15(14)20-2/h3-8,17H,9-11H2,1-2H3,(H,18,19). The van der Waals surface area contributed by atoms with E-state index in [0.717, 1.165) is 17.7 Å². The van der Waals surface area contributed by atoms with Crippen LogP contribution in [0.25, 0.3) is 10.8 Å². The summed E-state index contributed by atoms with van der Waals surface area (Å²) >= 11 is 0. The van der Waals surface area contributed by atoms with Crippen molar-refractivity contribution in [3.63, 3.8) is 0 Å². The molecule has 1 amide bonds. The Labute approximate surface area is 119 Å². The summed E-state index contributed by atoms with van der Waals surface area (Å²) in [6, 6.07) is 12.2. The second-order valence-corrected chi connectivity index (χ2v) is 4.60. The quantitative estimate of drug-likeness (QED) is 0.842. The predicted molar refractivity (Wildman–Crippen MR) is 81.1 cm³/mol. The lowest BCUT2D eigenvalue weighted by molar-refractivity contribution is -0.120. The van der Waals surface area contributed by atoms with Crippen molar-refractivity contribution < 1.29 is 9.53 Å². The van der Waals surface area contributed by atoms with Gasteiger partial charge in [-0.2, -0.15) is 0 Å². The summed E-state index contributed by atoms with van der Waals surface area (Å²) in [6.07, 6.45) is 0.750.